The van der Waals surface area contributed by atoms with Crippen molar-refractivity contribution in [1.29, 1.82) is 0 Å². The Hall–Kier alpha value is -3.52. The quantitative estimate of drug-likeness (QED) is 0.213. The number of urea groups is 1. The van der Waals surface area contributed by atoms with Gasteiger partial charge in [0.2, 0.25) is 27.6 Å². The molecule has 13 nitrogen and oxygen atoms in total. The number of sulfonamides is 1. The first-order valence-corrected chi connectivity index (χ1v) is 19.3. The molecule has 3 aliphatic rings. The molecule has 5 amide bonds. The highest BCUT2D eigenvalue weighted by molar-refractivity contribution is 7.89. The number of nitrogens with two attached hydrogens (primary N) is 1. The summed E-state index contributed by atoms with van der Waals surface area (Å²) in [5.41, 5.74) is 3.69. The van der Waals surface area contributed by atoms with E-state index in [2.05, 4.69) is 16.0 Å². The van der Waals surface area contributed by atoms with Gasteiger partial charge < -0.3 is 26.6 Å². The van der Waals surface area contributed by atoms with Gasteiger partial charge in [0.25, 0.3) is 5.91 Å². The third kappa shape index (κ3) is 9.42. The van der Waals surface area contributed by atoms with Crippen LogP contribution in [0, 0.1) is 23.2 Å². The van der Waals surface area contributed by atoms with E-state index in [9.17, 15) is 32.4 Å². The third-order valence-corrected chi connectivity index (χ3v) is 12.4. The molecule has 1 saturated heterocycles. The molecule has 4 rings (SSSR count). The number of Topliss-reactive ketones (excluding diaryl/α,β-unsaturated/α-hetero) is 1. The lowest BCUT2D eigenvalue weighted by molar-refractivity contribution is -0.144. The molecule has 278 valence electrons. The summed E-state index contributed by atoms with van der Waals surface area (Å²) >= 11 is 0. The normalized spacial score (nSPS) is 22.1. The minimum Gasteiger partial charge on any atom is -0.363 e. The molecule has 2 aliphatic carbocycles. The fraction of sp³-hybridized carbons (Fsp3) is 0.694. The van der Waals surface area contributed by atoms with Crippen LogP contribution in [0.4, 0.5) is 4.79 Å². The van der Waals surface area contributed by atoms with Gasteiger partial charge in [-0.25, -0.2) is 13.2 Å². The molecular formula is C36H56N6O7S. The molecule has 0 aromatic heterocycles. The lowest BCUT2D eigenvalue weighted by Crippen LogP contribution is -2.64. The van der Waals surface area contributed by atoms with E-state index in [4.69, 9.17) is 5.73 Å². The SMILES string of the molecule is CC(C)[C@H]1CCN(C(=O)[C@@H](NC(=O)NC2(CN(C)S(=O)(=O)c3ccccc3)CCCCC2)C(C)(C)C)[C@@H]1C(=O)NC(CC1CC1)C(=O)C(N)=O. The first kappa shape index (κ1) is 39.3. The number of amides is 5. The van der Waals surface area contributed by atoms with Crippen LogP contribution in [-0.2, 0) is 29.2 Å². The Morgan fingerprint density at radius 1 is 0.980 bits per heavy atom. The molecule has 1 aromatic carbocycles. The molecule has 4 atom stereocenters. The van der Waals surface area contributed by atoms with Crippen molar-refractivity contribution in [1.82, 2.24) is 25.2 Å². The Kier molecular flexibility index (Phi) is 12.4. The molecular weight excluding hydrogens is 660 g/mol. The first-order chi connectivity index (χ1) is 23.4. The number of primary amides is 1. The van der Waals surface area contributed by atoms with E-state index in [1.54, 1.807) is 18.2 Å². The van der Waals surface area contributed by atoms with Crippen molar-refractivity contribution < 1.29 is 32.4 Å². The molecule has 1 aromatic rings. The van der Waals surface area contributed by atoms with E-state index in [1.807, 2.05) is 34.6 Å². The van der Waals surface area contributed by atoms with Crippen LogP contribution in [0.15, 0.2) is 35.2 Å². The molecule has 0 spiro atoms. The van der Waals surface area contributed by atoms with Crippen molar-refractivity contribution in [3.05, 3.63) is 30.3 Å². The van der Waals surface area contributed by atoms with Gasteiger partial charge in [-0.05, 0) is 61.0 Å². The summed E-state index contributed by atoms with van der Waals surface area (Å²) in [5, 5.41) is 8.75. The van der Waals surface area contributed by atoms with Crippen molar-refractivity contribution in [3.8, 4) is 0 Å². The maximum absolute atomic E-state index is 14.4. The van der Waals surface area contributed by atoms with Crippen LogP contribution in [0.5, 0.6) is 0 Å². The lowest BCUT2D eigenvalue weighted by Gasteiger charge is -2.42. The molecule has 1 unspecified atom stereocenters. The number of carbonyl (C=O) groups excluding carboxylic acids is 5. The van der Waals surface area contributed by atoms with Crippen LogP contribution in [0.1, 0.15) is 92.4 Å². The number of nitrogens with zero attached hydrogens (tertiary/aromatic N) is 2. The highest BCUT2D eigenvalue weighted by Crippen LogP contribution is 2.36. The topological polar surface area (TPSA) is 188 Å². The number of carbonyl (C=O) groups is 5. The number of likely N-dealkylation sites (tertiary alicyclic amines) is 1. The summed E-state index contributed by atoms with van der Waals surface area (Å²) in [6.07, 6.45) is 6.39. The van der Waals surface area contributed by atoms with Crippen LogP contribution in [-0.4, -0.2) is 91.0 Å². The Bertz CT molecular complexity index is 1520. The van der Waals surface area contributed by atoms with Gasteiger partial charge in [0.05, 0.1) is 16.5 Å². The average Bonchev–Trinajstić information content (AvgIpc) is 3.75. The summed E-state index contributed by atoms with van der Waals surface area (Å²) in [6, 6.07) is 4.55. The standard InChI is InChI=1S/C36H56N6O7S/c1-23(2)26-17-20-42(28(26)32(45)38-27(21-24-15-16-24)29(43)31(37)44)33(46)30(35(3,4)5)39-34(47)40-36(18-11-8-12-19-36)22-41(6)50(48,49)25-13-9-7-10-14-25/h7,9-10,13-14,23-24,26-28,30H,8,11-12,15-22H2,1-6H3,(H2,37,44)(H,38,45)(H2,39,40,47)/t26-,27?,28+,30-/m1/s1. The van der Waals surface area contributed by atoms with Crippen LogP contribution in [0.25, 0.3) is 0 Å². The predicted octanol–water partition coefficient (Wildman–Crippen LogP) is 2.94. The number of nitrogens with one attached hydrogen (secondary N) is 3. The number of rotatable bonds is 14. The van der Waals surface area contributed by atoms with Crippen LogP contribution < -0.4 is 21.7 Å². The Balaban J connectivity index is 1.54. The maximum atomic E-state index is 14.4. The van der Waals surface area contributed by atoms with Crippen molar-refractivity contribution in [2.45, 2.75) is 121 Å². The summed E-state index contributed by atoms with van der Waals surface area (Å²) in [7, 11) is -2.31. The van der Waals surface area contributed by atoms with Gasteiger partial charge in [-0.2, -0.15) is 4.31 Å². The second-order valence-corrected chi connectivity index (χ2v) is 18.0. The van der Waals surface area contributed by atoms with Gasteiger partial charge in [0, 0.05) is 20.1 Å². The monoisotopic (exact) mass is 716 g/mol. The van der Waals surface area contributed by atoms with Crippen LogP contribution in [0.2, 0.25) is 0 Å². The molecule has 14 heteroatoms. The third-order valence-electron chi connectivity index (χ3n) is 10.5. The number of hydrogen-bond acceptors (Lipinski definition) is 7. The van der Waals surface area contributed by atoms with E-state index in [0.29, 0.717) is 25.7 Å². The second-order valence-electron chi connectivity index (χ2n) is 16.0. The fourth-order valence-electron chi connectivity index (χ4n) is 7.50. The highest BCUT2D eigenvalue weighted by atomic mass is 32.2. The average molecular weight is 717 g/mol. The number of benzene rings is 1. The minimum absolute atomic E-state index is 0.0249. The van der Waals surface area contributed by atoms with E-state index in [0.717, 1.165) is 32.1 Å². The van der Waals surface area contributed by atoms with Gasteiger partial charge in [-0.15, -0.1) is 0 Å². The van der Waals surface area contributed by atoms with Crippen molar-refractivity contribution in [3.63, 3.8) is 0 Å². The Labute approximate surface area is 296 Å². The van der Waals surface area contributed by atoms with Crippen molar-refractivity contribution in [2.75, 3.05) is 20.1 Å². The second kappa shape index (κ2) is 15.8. The van der Waals surface area contributed by atoms with Gasteiger partial charge in [-0.1, -0.05) is 84.9 Å². The van der Waals surface area contributed by atoms with E-state index in [1.165, 1.54) is 28.4 Å². The fourth-order valence-corrected chi connectivity index (χ4v) is 8.78. The summed E-state index contributed by atoms with van der Waals surface area (Å²) in [4.78, 5) is 68.4. The molecule has 2 saturated carbocycles. The zero-order valence-electron chi connectivity index (χ0n) is 30.4. The maximum Gasteiger partial charge on any atom is 0.315 e. The Morgan fingerprint density at radius 3 is 2.14 bits per heavy atom. The van der Waals surface area contributed by atoms with Gasteiger partial charge in [0.15, 0.2) is 0 Å². The van der Waals surface area contributed by atoms with E-state index >= 15 is 0 Å². The molecule has 5 N–H and O–H groups in total. The van der Waals surface area contributed by atoms with Crippen molar-refractivity contribution in [2.24, 2.45) is 28.9 Å². The first-order valence-electron chi connectivity index (χ1n) is 17.9. The molecule has 50 heavy (non-hydrogen) atoms. The van der Waals surface area contributed by atoms with Crippen LogP contribution >= 0.6 is 0 Å². The van der Waals surface area contributed by atoms with Crippen molar-refractivity contribution >= 4 is 39.6 Å². The molecule has 3 fully saturated rings. The summed E-state index contributed by atoms with van der Waals surface area (Å²) in [6.45, 7) is 9.76. The predicted molar refractivity (Wildman–Crippen MR) is 189 cm³/mol. The minimum atomic E-state index is -3.82. The zero-order chi connectivity index (χ0) is 37.0. The van der Waals surface area contributed by atoms with Gasteiger partial charge >= 0.3 is 6.03 Å². The molecule has 1 heterocycles. The lowest BCUT2D eigenvalue weighted by atomic mass is 9.81. The van der Waals surface area contributed by atoms with E-state index in [-0.39, 0.29) is 35.7 Å². The highest BCUT2D eigenvalue weighted by Gasteiger charge is 2.48. The zero-order valence-corrected chi connectivity index (χ0v) is 31.2. The number of hydrogen-bond donors (Lipinski definition) is 4. The largest absolute Gasteiger partial charge is 0.363 e. The van der Waals surface area contributed by atoms with Gasteiger partial charge in [0.1, 0.15) is 12.1 Å². The molecule has 1 aliphatic heterocycles. The van der Waals surface area contributed by atoms with E-state index < -0.39 is 68.6 Å². The van der Waals surface area contributed by atoms with Gasteiger partial charge in [-0.3, -0.25) is 19.2 Å². The molecule has 0 radical (unpaired) electrons. The smallest absolute Gasteiger partial charge is 0.315 e. The summed E-state index contributed by atoms with van der Waals surface area (Å²) < 4.78 is 28.1. The summed E-state index contributed by atoms with van der Waals surface area (Å²) in [5.74, 6) is -2.88. The van der Waals surface area contributed by atoms with Crippen LogP contribution in [0.3, 0.4) is 0 Å². The Morgan fingerprint density at radius 2 is 1.60 bits per heavy atom. The number of ketones is 1. The molecule has 0 bridgehead atoms. The number of likely N-dealkylation sites (N-methyl/N-ethyl adjacent to an activating group) is 1.